The van der Waals surface area contributed by atoms with E-state index in [-0.39, 0.29) is 24.4 Å². The van der Waals surface area contributed by atoms with Crippen LogP contribution in [-0.4, -0.2) is 25.0 Å². The van der Waals surface area contributed by atoms with E-state index < -0.39 is 0 Å². The summed E-state index contributed by atoms with van der Waals surface area (Å²) in [7, 11) is 0. The van der Waals surface area contributed by atoms with Gasteiger partial charge in [0.1, 0.15) is 0 Å². The second-order valence-corrected chi connectivity index (χ2v) is 5.60. The molecular formula is C15H22BrN3O2. The van der Waals surface area contributed by atoms with Crippen LogP contribution in [0.4, 0.5) is 4.79 Å². The number of benzene rings is 1. The van der Waals surface area contributed by atoms with Gasteiger partial charge >= 0.3 is 6.03 Å². The molecule has 0 bridgehead atoms. The van der Waals surface area contributed by atoms with E-state index in [0.29, 0.717) is 13.1 Å². The molecule has 0 fully saturated rings. The minimum Gasteiger partial charge on any atom is -0.356 e. The lowest BCUT2D eigenvalue weighted by Crippen LogP contribution is -2.39. The highest BCUT2D eigenvalue weighted by Crippen LogP contribution is 2.22. The minimum atomic E-state index is -0.276. The molecule has 1 aromatic rings. The van der Waals surface area contributed by atoms with E-state index in [0.717, 1.165) is 16.5 Å². The van der Waals surface area contributed by atoms with Gasteiger partial charge in [0.25, 0.3) is 0 Å². The van der Waals surface area contributed by atoms with E-state index in [1.807, 2.05) is 38.1 Å². The van der Waals surface area contributed by atoms with Crippen LogP contribution in [0.2, 0.25) is 0 Å². The van der Waals surface area contributed by atoms with Gasteiger partial charge in [0.2, 0.25) is 5.91 Å². The molecule has 3 amide bonds. The minimum absolute atomic E-state index is 0.0454. The quantitative estimate of drug-likeness (QED) is 0.703. The Labute approximate surface area is 134 Å². The Balaban J connectivity index is 2.31. The third kappa shape index (κ3) is 6.62. The fraction of sp³-hybridized carbons (Fsp3) is 0.467. The van der Waals surface area contributed by atoms with E-state index in [4.69, 9.17) is 0 Å². The van der Waals surface area contributed by atoms with Crippen LogP contribution in [0.1, 0.15) is 38.3 Å². The number of rotatable bonds is 7. The van der Waals surface area contributed by atoms with Gasteiger partial charge in [-0.2, -0.15) is 0 Å². The second kappa shape index (κ2) is 9.39. The number of carbonyl (C=O) groups excluding carboxylic acids is 2. The Kier molecular flexibility index (Phi) is 7.82. The van der Waals surface area contributed by atoms with Crippen LogP contribution in [0.15, 0.2) is 28.7 Å². The van der Waals surface area contributed by atoms with Crippen LogP contribution < -0.4 is 16.0 Å². The van der Waals surface area contributed by atoms with Crippen molar-refractivity contribution < 1.29 is 9.59 Å². The Morgan fingerprint density at radius 3 is 2.57 bits per heavy atom. The predicted molar refractivity (Wildman–Crippen MR) is 87.0 cm³/mol. The summed E-state index contributed by atoms with van der Waals surface area (Å²) in [6.07, 6.45) is 1.19. The monoisotopic (exact) mass is 355 g/mol. The van der Waals surface area contributed by atoms with E-state index in [1.54, 1.807) is 0 Å². The normalized spacial score (nSPS) is 11.6. The first-order chi connectivity index (χ1) is 10.0. The molecule has 0 saturated carbocycles. The molecule has 116 valence electrons. The second-order valence-electron chi connectivity index (χ2n) is 4.74. The van der Waals surface area contributed by atoms with Gasteiger partial charge < -0.3 is 16.0 Å². The topological polar surface area (TPSA) is 70.2 Å². The van der Waals surface area contributed by atoms with Crippen LogP contribution >= 0.6 is 15.9 Å². The van der Waals surface area contributed by atoms with Gasteiger partial charge in [0.05, 0.1) is 6.04 Å². The Bertz CT molecular complexity index is 480. The van der Waals surface area contributed by atoms with Crippen LogP contribution in [0, 0.1) is 0 Å². The molecular weight excluding hydrogens is 334 g/mol. The van der Waals surface area contributed by atoms with Gasteiger partial charge in [-0.15, -0.1) is 0 Å². The summed E-state index contributed by atoms with van der Waals surface area (Å²) in [5.41, 5.74) is 1.01. The van der Waals surface area contributed by atoms with Crippen molar-refractivity contribution in [3.8, 4) is 0 Å². The molecule has 0 aliphatic rings. The van der Waals surface area contributed by atoms with Gasteiger partial charge in [-0.25, -0.2) is 4.79 Å². The summed E-state index contributed by atoms with van der Waals surface area (Å²) in [6.45, 7) is 4.90. The van der Waals surface area contributed by atoms with Crippen molar-refractivity contribution in [3.63, 3.8) is 0 Å². The number of nitrogens with one attached hydrogen (secondary N) is 3. The molecule has 1 rings (SSSR count). The fourth-order valence-corrected chi connectivity index (χ4v) is 2.42. The average molecular weight is 356 g/mol. The van der Waals surface area contributed by atoms with E-state index in [1.165, 1.54) is 0 Å². The Morgan fingerprint density at radius 1 is 1.19 bits per heavy atom. The largest absolute Gasteiger partial charge is 0.356 e. The molecule has 1 atom stereocenters. The molecule has 0 heterocycles. The summed E-state index contributed by atoms with van der Waals surface area (Å²) in [5.74, 6) is -0.0454. The SMILES string of the molecule is CCCNC(=O)CCNC(=O)NC(C)c1ccccc1Br. The van der Waals surface area contributed by atoms with Crippen LogP contribution in [0.25, 0.3) is 0 Å². The maximum Gasteiger partial charge on any atom is 0.315 e. The van der Waals surface area contributed by atoms with Gasteiger partial charge in [-0.3, -0.25) is 4.79 Å². The number of halogens is 1. The molecule has 0 spiro atoms. The molecule has 1 unspecified atom stereocenters. The highest BCUT2D eigenvalue weighted by atomic mass is 79.9. The number of amides is 3. The van der Waals surface area contributed by atoms with Crippen molar-refractivity contribution >= 4 is 27.9 Å². The molecule has 6 heteroatoms. The lowest BCUT2D eigenvalue weighted by molar-refractivity contribution is -0.120. The molecule has 3 N–H and O–H groups in total. The summed E-state index contributed by atoms with van der Waals surface area (Å²) >= 11 is 3.46. The molecule has 0 saturated heterocycles. The van der Waals surface area contributed by atoms with Crippen molar-refractivity contribution in [3.05, 3.63) is 34.3 Å². The van der Waals surface area contributed by atoms with E-state index >= 15 is 0 Å². The first kappa shape index (κ1) is 17.5. The maximum atomic E-state index is 11.8. The molecule has 0 radical (unpaired) electrons. The summed E-state index contributed by atoms with van der Waals surface area (Å²) in [5, 5.41) is 8.29. The molecule has 5 nitrogen and oxygen atoms in total. The lowest BCUT2D eigenvalue weighted by atomic mass is 10.1. The first-order valence-corrected chi connectivity index (χ1v) is 7.89. The number of urea groups is 1. The number of hydrogen-bond acceptors (Lipinski definition) is 2. The van der Waals surface area contributed by atoms with Gasteiger partial charge in [0, 0.05) is 24.0 Å². The molecule has 21 heavy (non-hydrogen) atoms. The third-order valence-corrected chi connectivity index (χ3v) is 3.65. The van der Waals surface area contributed by atoms with Crippen molar-refractivity contribution in [1.29, 1.82) is 0 Å². The van der Waals surface area contributed by atoms with Crippen molar-refractivity contribution in [2.24, 2.45) is 0 Å². The summed E-state index contributed by atoms with van der Waals surface area (Å²) in [6, 6.07) is 7.34. The number of carbonyl (C=O) groups is 2. The van der Waals surface area contributed by atoms with Gasteiger partial charge in [-0.05, 0) is 25.0 Å². The maximum absolute atomic E-state index is 11.8. The zero-order chi connectivity index (χ0) is 15.7. The number of hydrogen-bond donors (Lipinski definition) is 3. The summed E-state index contributed by atoms with van der Waals surface area (Å²) in [4.78, 5) is 23.1. The highest BCUT2D eigenvalue weighted by Gasteiger charge is 2.11. The molecule has 0 aromatic heterocycles. The fourth-order valence-electron chi connectivity index (χ4n) is 1.79. The zero-order valence-corrected chi connectivity index (χ0v) is 14.0. The predicted octanol–water partition coefficient (Wildman–Crippen LogP) is 2.73. The average Bonchev–Trinajstić information content (AvgIpc) is 2.45. The Morgan fingerprint density at radius 2 is 1.90 bits per heavy atom. The van der Waals surface area contributed by atoms with Crippen LogP contribution in [0.5, 0.6) is 0 Å². The van der Waals surface area contributed by atoms with Crippen LogP contribution in [0.3, 0.4) is 0 Å². The zero-order valence-electron chi connectivity index (χ0n) is 12.4. The van der Waals surface area contributed by atoms with Crippen molar-refractivity contribution in [1.82, 2.24) is 16.0 Å². The smallest absolute Gasteiger partial charge is 0.315 e. The Hall–Kier alpha value is -1.56. The first-order valence-electron chi connectivity index (χ1n) is 7.10. The molecule has 0 aliphatic heterocycles. The van der Waals surface area contributed by atoms with Crippen LogP contribution in [-0.2, 0) is 4.79 Å². The molecule has 0 aliphatic carbocycles. The third-order valence-electron chi connectivity index (χ3n) is 2.93. The lowest BCUT2D eigenvalue weighted by Gasteiger charge is -2.16. The van der Waals surface area contributed by atoms with E-state index in [2.05, 4.69) is 31.9 Å². The summed E-state index contributed by atoms with van der Waals surface area (Å²) < 4.78 is 0.955. The highest BCUT2D eigenvalue weighted by molar-refractivity contribution is 9.10. The molecule has 1 aromatic carbocycles. The van der Waals surface area contributed by atoms with Gasteiger partial charge in [-0.1, -0.05) is 41.1 Å². The van der Waals surface area contributed by atoms with E-state index in [9.17, 15) is 9.59 Å². The standard InChI is InChI=1S/C15H22BrN3O2/c1-3-9-17-14(20)8-10-18-15(21)19-11(2)12-6-4-5-7-13(12)16/h4-7,11H,3,8-10H2,1-2H3,(H,17,20)(H2,18,19,21). The van der Waals surface area contributed by atoms with Crippen molar-refractivity contribution in [2.75, 3.05) is 13.1 Å². The van der Waals surface area contributed by atoms with Crippen molar-refractivity contribution in [2.45, 2.75) is 32.7 Å². The van der Waals surface area contributed by atoms with Gasteiger partial charge in [0.15, 0.2) is 0 Å².